The lowest BCUT2D eigenvalue weighted by Crippen LogP contribution is -2.42. The fourth-order valence-electron chi connectivity index (χ4n) is 2.86. The van der Waals surface area contributed by atoms with Crippen LogP contribution in [0.5, 0.6) is 0 Å². The van der Waals surface area contributed by atoms with E-state index in [0.29, 0.717) is 11.6 Å². The average Bonchev–Trinajstić information content (AvgIpc) is 2.38. The van der Waals surface area contributed by atoms with E-state index >= 15 is 0 Å². The molecule has 0 bridgehead atoms. The summed E-state index contributed by atoms with van der Waals surface area (Å²) in [5, 5.41) is 9.33. The molecule has 1 aliphatic heterocycles. The molecule has 0 aromatic heterocycles. The highest BCUT2D eigenvalue weighted by Crippen LogP contribution is 2.28. The summed E-state index contributed by atoms with van der Waals surface area (Å²) in [5.41, 5.74) is 2.36. The lowest BCUT2D eigenvalue weighted by molar-refractivity contribution is 0.0697. The minimum absolute atomic E-state index is 0.420. The quantitative estimate of drug-likeness (QED) is 0.907. The van der Waals surface area contributed by atoms with E-state index in [0.717, 1.165) is 37.2 Å². The summed E-state index contributed by atoms with van der Waals surface area (Å²) in [5.74, 6) is -0.839. The third kappa shape index (κ3) is 2.89. The van der Waals surface area contributed by atoms with E-state index in [4.69, 9.17) is 0 Å². The Balaban J connectivity index is 2.22. The lowest BCUT2D eigenvalue weighted by Gasteiger charge is -2.37. The summed E-state index contributed by atoms with van der Waals surface area (Å²) >= 11 is 0. The zero-order valence-electron chi connectivity index (χ0n) is 11.9. The number of aryl methyl sites for hydroxylation is 1. The van der Waals surface area contributed by atoms with Gasteiger partial charge in [0.15, 0.2) is 0 Å². The average molecular weight is 262 g/mol. The lowest BCUT2D eigenvalue weighted by atomic mass is 10.00. The molecule has 0 unspecified atom stereocenters. The number of piperidine rings is 1. The van der Waals surface area contributed by atoms with Gasteiger partial charge in [0.05, 0.1) is 11.3 Å². The van der Waals surface area contributed by atoms with E-state index in [1.54, 1.807) is 6.07 Å². The third-order valence-electron chi connectivity index (χ3n) is 3.98. The van der Waals surface area contributed by atoms with E-state index in [2.05, 4.69) is 23.9 Å². The summed E-state index contributed by atoms with van der Waals surface area (Å²) in [6.07, 6.45) is 2.17. The molecule has 0 atom stereocenters. The van der Waals surface area contributed by atoms with Crippen molar-refractivity contribution in [2.24, 2.45) is 0 Å². The molecule has 4 heteroatoms. The van der Waals surface area contributed by atoms with Crippen molar-refractivity contribution in [3.8, 4) is 0 Å². The molecule has 1 fully saturated rings. The molecule has 0 spiro atoms. The molecule has 2 rings (SSSR count). The predicted molar refractivity (Wildman–Crippen MR) is 77.1 cm³/mol. The summed E-state index contributed by atoms with van der Waals surface area (Å²) in [6, 6.07) is 6.10. The minimum atomic E-state index is -0.839. The van der Waals surface area contributed by atoms with Gasteiger partial charge in [0.2, 0.25) is 0 Å². The van der Waals surface area contributed by atoms with Gasteiger partial charge < -0.3 is 14.9 Å². The Labute approximate surface area is 114 Å². The van der Waals surface area contributed by atoms with Gasteiger partial charge in [-0.25, -0.2) is 4.79 Å². The third-order valence-corrected chi connectivity index (χ3v) is 3.98. The van der Waals surface area contributed by atoms with Crippen LogP contribution < -0.4 is 4.90 Å². The maximum atomic E-state index is 11.4. The SMILES string of the molecule is Cc1cccc(C(=O)O)c1N1CCC(N(C)C)CC1. The van der Waals surface area contributed by atoms with Crippen LogP contribution in [0.2, 0.25) is 0 Å². The zero-order valence-corrected chi connectivity index (χ0v) is 11.9. The van der Waals surface area contributed by atoms with Gasteiger partial charge in [-0.15, -0.1) is 0 Å². The molecular weight excluding hydrogens is 240 g/mol. The van der Waals surface area contributed by atoms with Crippen LogP contribution in [0, 0.1) is 6.92 Å². The van der Waals surface area contributed by atoms with E-state index in [1.165, 1.54) is 0 Å². The second kappa shape index (κ2) is 5.61. The van der Waals surface area contributed by atoms with Gasteiger partial charge in [0, 0.05) is 19.1 Å². The van der Waals surface area contributed by atoms with Gasteiger partial charge in [0.25, 0.3) is 0 Å². The Morgan fingerprint density at radius 2 is 1.95 bits per heavy atom. The van der Waals surface area contributed by atoms with Crippen LogP contribution in [0.1, 0.15) is 28.8 Å². The standard InChI is InChI=1S/C15H22N2O2/c1-11-5-4-6-13(15(18)19)14(11)17-9-7-12(8-10-17)16(2)3/h4-6,12H,7-10H2,1-3H3,(H,18,19). The smallest absolute Gasteiger partial charge is 0.337 e. The number of rotatable bonds is 3. The Morgan fingerprint density at radius 3 is 2.47 bits per heavy atom. The fraction of sp³-hybridized carbons (Fsp3) is 0.533. The van der Waals surface area contributed by atoms with Gasteiger partial charge in [-0.05, 0) is 45.5 Å². The Bertz CT molecular complexity index is 463. The fourth-order valence-corrected chi connectivity index (χ4v) is 2.86. The van der Waals surface area contributed by atoms with E-state index in [-0.39, 0.29) is 0 Å². The number of para-hydroxylation sites is 1. The van der Waals surface area contributed by atoms with Crippen molar-refractivity contribution >= 4 is 11.7 Å². The molecule has 4 nitrogen and oxygen atoms in total. The highest BCUT2D eigenvalue weighted by molar-refractivity contribution is 5.95. The number of carboxylic acids is 1. The van der Waals surface area contributed by atoms with Crippen molar-refractivity contribution in [1.82, 2.24) is 4.90 Å². The summed E-state index contributed by atoms with van der Waals surface area (Å²) in [4.78, 5) is 15.8. The highest BCUT2D eigenvalue weighted by atomic mass is 16.4. The Kier molecular flexibility index (Phi) is 4.10. The van der Waals surface area contributed by atoms with Crippen molar-refractivity contribution in [1.29, 1.82) is 0 Å². The normalized spacial score (nSPS) is 16.9. The molecule has 1 N–H and O–H groups in total. The molecule has 1 aromatic carbocycles. The van der Waals surface area contributed by atoms with Crippen molar-refractivity contribution in [2.75, 3.05) is 32.1 Å². The first-order valence-electron chi connectivity index (χ1n) is 6.75. The first-order valence-corrected chi connectivity index (χ1v) is 6.75. The van der Waals surface area contributed by atoms with Crippen LogP contribution in [0.4, 0.5) is 5.69 Å². The number of hydrogen-bond donors (Lipinski definition) is 1. The predicted octanol–water partition coefficient (Wildman–Crippen LogP) is 2.22. The van der Waals surface area contributed by atoms with E-state index < -0.39 is 5.97 Å². The molecule has 1 saturated heterocycles. The van der Waals surface area contributed by atoms with Gasteiger partial charge in [-0.2, -0.15) is 0 Å². The topological polar surface area (TPSA) is 43.8 Å². The molecule has 0 aliphatic carbocycles. The first-order chi connectivity index (χ1) is 9.00. The minimum Gasteiger partial charge on any atom is -0.478 e. The van der Waals surface area contributed by atoms with Crippen molar-refractivity contribution in [3.05, 3.63) is 29.3 Å². The Morgan fingerprint density at radius 1 is 1.32 bits per heavy atom. The van der Waals surface area contributed by atoms with E-state index in [1.807, 2.05) is 19.1 Å². The summed E-state index contributed by atoms with van der Waals surface area (Å²) in [7, 11) is 4.22. The van der Waals surface area contributed by atoms with E-state index in [9.17, 15) is 9.90 Å². The monoisotopic (exact) mass is 262 g/mol. The molecule has 104 valence electrons. The second-order valence-electron chi connectivity index (χ2n) is 5.46. The number of anilines is 1. The summed E-state index contributed by atoms with van der Waals surface area (Å²) < 4.78 is 0. The number of nitrogens with zero attached hydrogens (tertiary/aromatic N) is 2. The number of hydrogen-bond acceptors (Lipinski definition) is 3. The summed E-state index contributed by atoms with van der Waals surface area (Å²) in [6.45, 7) is 3.84. The van der Waals surface area contributed by atoms with Crippen molar-refractivity contribution in [2.45, 2.75) is 25.8 Å². The molecular formula is C15H22N2O2. The van der Waals surface area contributed by atoms with Crippen LogP contribution in [0.15, 0.2) is 18.2 Å². The van der Waals surface area contributed by atoms with Crippen LogP contribution in [0.3, 0.4) is 0 Å². The van der Waals surface area contributed by atoms with Gasteiger partial charge in [0.1, 0.15) is 0 Å². The van der Waals surface area contributed by atoms with Crippen LogP contribution in [-0.2, 0) is 0 Å². The number of aromatic carboxylic acids is 1. The first kappa shape index (κ1) is 13.9. The zero-order chi connectivity index (χ0) is 14.0. The number of benzene rings is 1. The van der Waals surface area contributed by atoms with Crippen LogP contribution >= 0.6 is 0 Å². The molecule has 0 radical (unpaired) electrons. The molecule has 19 heavy (non-hydrogen) atoms. The molecule has 1 aliphatic rings. The molecule has 1 heterocycles. The molecule has 1 aromatic rings. The second-order valence-corrected chi connectivity index (χ2v) is 5.46. The van der Waals surface area contributed by atoms with Crippen molar-refractivity contribution in [3.63, 3.8) is 0 Å². The van der Waals surface area contributed by atoms with Gasteiger partial charge in [-0.1, -0.05) is 12.1 Å². The van der Waals surface area contributed by atoms with Crippen LogP contribution in [0.25, 0.3) is 0 Å². The van der Waals surface area contributed by atoms with Crippen molar-refractivity contribution < 1.29 is 9.90 Å². The molecule has 0 amide bonds. The van der Waals surface area contributed by atoms with Crippen LogP contribution in [-0.4, -0.2) is 49.2 Å². The highest BCUT2D eigenvalue weighted by Gasteiger charge is 2.24. The Hall–Kier alpha value is -1.55. The largest absolute Gasteiger partial charge is 0.478 e. The number of carbonyl (C=O) groups is 1. The maximum Gasteiger partial charge on any atom is 0.337 e. The number of carboxylic acid groups (broad SMARTS) is 1. The van der Waals surface area contributed by atoms with Gasteiger partial charge >= 0.3 is 5.97 Å². The molecule has 0 saturated carbocycles. The van der Waals surface area contributed by atoms with Gasteiger partial charge in [-0.3, -0.25) is 0 Å². The maximum absolute atomic E-state index is 11.4.